The van der Waals surface area contributed by atoms with Crippen LogP contribution in [0.4, 0.5) is 0 Å². The molecular weight excluding hydrogens is 316 g/mol. The number of amides is 1. The molecule has 1 aliphatic rings. The van der Waals surface area contributed by atoms with Crippen molar-refractivity contribution in [3.63, 3.8) is 0 Å². The van der Waals surface area contributed by atoms with Crippen LogP contribution in [-0.4, -0.2) is 37.5 Å². The lowest BCUT2D eigenvalue weighted by atomic mass is 9.91. The lowest BCUT2D eigenvalue weighted by Crippen LogP contribution is -2.43. The van der Waals surface area contributed by atoms with Crippen molar-refractivity contribution in [2.75, 3.05) is 20.6 Å². The molecule has 1 heterocycles. The summed E-state index contributed by atoms with van der Waals surface area (Å²) in [5.74, 6) is 0.558. The minimum Gasteiger partial charge on any atom is -0.350 e. The molecule has 24 heavy (non-hydrogen) atoms. The Morgan fingerprint density at radius 1 is 1.21 bits per heavy atom. The maximum Gasteiger partial charge on any atom is 0.261 e. The van der Waals surface area contributed by atoms with Gasteiger partial charge in [0.2, 0.25) is 0 Å². The topological polar surface area (TPSA) is 32.3 Å². The van der Waals surface area contributed by atoms with Gasteiger partial charge in [-0.05, 0) is 55.6 Å². The minimum absolute atomic E-state index is 0.0550. The fourth-order valence-electron chi connectivity index (χ4n) is 3.48. The number of nitrogens with one attached hydrogen (secondary N) is 1. The van der Waals surface area contributed by atoms with Crippen LogP contribution < -0.4 is 5.32 Å². The number of hydrogen-bond donors (Lipinski definition) is 1. The fraction of sp³-hybridized carbons (Fsp3) is 0.450. The first-order valence-electron chi connectivity index (χ1n) is 8.63. The van der Waals surface area contributed by atoms with E-state index in [0.29, 0.717) is 18.5 Å². The van der Waals surface area contributed by atoms with Crippen LogP contribution in [-0.2, 0) is 12.8 Å². The second-order valence-electron chi connectivity index (χ2n) is 7.11. The molecule has 0 bridgehead atoms. The molecule has 0 spiro atoms. The van der Waals surface area contributed by atoms with E-state index in [4.69, 9.17) is 0 Å². The Morgan fingerprint density at radius 3 is 2.62 bits per heavy atom. The van der Waals surface area contributed by atoms with E-state index in [0.717, 1.165) is 17.7 Å². The van der Waals surface area contributed by atoms with E-state index in [1.165, 1.54) is 21.6 Å². The molecule has 0 aliphatic heterocycles. The second kappa shape index (κ2) is 7.08. The van der Waals surface area contributed by atoms with E-state index >= 15 is 0 Å². The number of carbonyl (C=O) groups is 1. The Morgan fingerprint density at radius 2 is 1.92 bits per heavy atom. The van der Waals surface area contributed by atoms with Crippen molar-refractivity contribution in [3.8, 4) is 10.4 Å². The van der Waals surface area contributed by atoms with Crippen molar-refractivity contribution in [2.24, 2.45) is 5.92 Å². The number of benzene rings is 1. The van der Waals surface area contributed by atoms with Crippen LogP contribution in [0.5, 0.6) is 0 Å². The summed E-state index contributed by atoms with van der Waals surface area (Å²) in [5.41, 5.74) is 4.01. The summed E-state index contributed by atoms with van der Waals surface area (Å²) in [6, 6.07) is 11.0. The van der Waals surface area contributed by atoms with Crippen LogP contribution >= 0.6 is 11.3 Å². The highest BCUT2D eigenvalue weighted by Crippen LogP contribution is 2.39. The Bertz CT molecular complexity index is 725. The Hall–Kier alpha value is -1.65. The van der Waals surface area contributed by atoms with Gasteiger partial charge in [-0.1, -0.05) is 38.1 Å². The van der Waals surface area contributed by atoms with Gasteiger partial charge in [0.05, 0.1) is 4.88 Å². The molecule has 128 valence electrons. The quantitative estimate of drug-likeness (QED) is 0.896. The third-order valence-electron chi connectivity index (χ3n) is 4.86. The lowest BCUT2D eigenvalue weighted by molar-refractivity contribution is 0.0938. The standard InChI is InChI=1S/C20H26N2OS/c1-13(2)17(22(3)4)12-21-20(23)18-11-15-10-9-14-7-5-6-8-16(14)19(15)24-18/h5-8,11,13,17H,9-10,12H2,1-4H3,(H,21,23). The van der Waals surface area contributed by atoms with Gasteiger partial charge in [0, 0.05) is 17.5 Å². The molecule has 1 aromatic carbocycles. The smallest absolute Gasteiger partial charge is 0.261 e. The maximum absolute atomic E-state index is 12.6. The summed E-state index contributed by atoms with van der Waals surface area (Å²) in [6.07, 6.45) is 2.10. The number of thiophene rings is 1. The summed E-state index contributed by atoms with van der Waals surface area (Å²) in [5, 5.41) is 3.12. The molecule has 1 amide bonds. The SMILES string of the molecule is CC(C)C(CNC(=O)c1cc2c(s1)-c1ccccc1CC2)N(C)C. The Kier molecular flexibility index (Phi) is 5.07. The van der Waals surface area contributed by atoms with Crippen LogP contribution in [0.25, 0.3) is 10.4 Å². The molecule has 4 heteroatoms. The highest BCUT2D eigenvalue weighted by atomic mass is 32.1. The van der Waals surface area contributed by atoms with Crippen molar-refractivity contribution in [3.05, 3.63) is 46.3 Å². The average molecular weight is 343 g/mol. The van der Waals surface area contributed by atoms with Crippen molar-refractivity contribution < 1.29 is 4.79 Å². The third kappa shape index (κ3) is 3.40. The van der Waals surface area contributed by atoms with Crippen molar-refractivity contribution in [1.82, 2.24) is 10.2 Å². The normalized spacial score (nSPS) is 14.4. The van der Waals surface area contributed by atoms with Gasteiger partial charge in [-0.2, -0.15) is 0 Å². The number of likely N-dealkylation sites (N-methyl/N-ethyl adjacent to an activating group) is 1. The number of fused-ring (bicyclic) bond motifs is 3. The molecule has 3 rings (SSSR count). The summed E-state index contributed by atoms with van der Waals surface area (Å²) in [6.45, 7) is 5.07. The van der Waals surface area contributed by atoms with Crippen LogP contribution in [0, 0.1) is 5.92 Å². The van der Waals surface area contributed by atoms with E-state index in [1.54, 1.807) is 11.3 Å². The third-order valence-corrected chi connectivity index (χ3v) is 6.07. The molecule has 2 aromatic rings. The van der Waals surface area contributed by atoms with Gasteiger partial charge >= 0.3 is 0 Å². The van der Waals surface area contributed by atoms with Gasteiger partial charge in [-0.3, -0.25) is 4.79 Å². The van der Waals surface area contributed by atoms with E-state index in [-0.39, 0.29) is 5.91 Å². The van der Waals surface area contributed by atoms with E-state index in [2.05, 4.69) is 68.5 Å². The number of rotatable bonds is 5. The van der Waals surface area contributed by atoms with Crippen LogP contribution in [0.1, 0.15) is 34.6 Å². The van der Waals surface area contributed by atoms with Gasteiger partial charge in [0.1, 0.15) is 0 Å². The molecule has 1 atom stereocenters. The monoisotopic (exact) mass is 342 g/mol. The first-order valence-corrected chi connectivity index (χ1v) is 9.44. The molecule has 1 unspecified atom stereocenters. The summed E-state index contributed by atoms with van der Waals surface area (Å²) >= 11 is 1.63. The fourth-order valence-corrected chi connectivity index (χ4v) is 4.67. The van der Waals surface area contributed by atoms with Gasteiger partial charge in [0.15, 0.2) is 0 Å². The van der Waals surface area contributed by atoms with Crippen molar-refractivity contribution >= 4 is 17.2 Å². The zero-order valence-electron chi connectivity index (χ0n) is 14.9. The largest absolute Gasteiger partial charge is 0.350 e. The predicted molar refractivity (Wildman–Crippen MR) is 102 cm³/mol. The highest BCUT2D eigenvalue weighted by Gasteiger charge is 2.22. The molecule has 0 saturated heterocycles. The number of carbonyl (C=O) groups excluding carboxylic acids is 1. The Balaban J connectivity index is 1.75. The molecule has 1 N–H and O–H groups in total. The summed E-state index contributed by atoms with van der Waals surface area (Å²) in [7, 11) is 4.13. The molecule has 0 fully saturated rings. The van der Waals surface area contributed by atoms with E-state index in [9.17, 15) is 4.79 Å². The van der Waals surface area contributed by atoms with Crippen LogP contribution in [0.15, 0.2) is 30.3 Å². The minimum atomic E-state index is 0.0550. The molecule has 1 aromatic heterocycles. The number of hydrogen-bond acceptors (Lipinski definition) is 3. The van der Waals surface area contributed by atoms with E-state index in [1.807, 2.05) is 0 Å². The van der Waals surface area contributed by atoms with Gasteiger partial charge < -0.3 is 10.2 Å². The van der Waals surface area contributed by atoms with Crippen molar-refractivity contribution in [1.29, 1.82) is 0 Å². The lowest BCUT2D eigenvalue weighted by Gasteiger charge is -2.27. The number of nitrogens with zero attached hydrogens (tertiary/aromatic N) is 1. The average Bonchev–Trinajstić information content (AvgIpc) is 2.99. The van der Waals surface area contributed by atoms with Crippen molar-refractivity contribution in [2.45, 2.75) is 32.7 Å². The zero-order chi connectivity index (χ0) is 17.3. The molecule has 0 saturated carbocycles. The highest BCUT2D eigenvalue weighted by molar-refractivity contribution is 7.17. The van der Waals surface area contributed by atoms with Gasteiger partial charge in [-0.25, -0.2) is 0 Å². The van der Waals surface area contributed by atoms with Crippen LogP contribution in [0.3, 0.4) is 0 Å². The number of aryl methyl sites for hydroxylation is 2. The van der Waals surface area contributed by atoms with Crippen LogP contribution in [0.2, 0.25) is 0 Å². The second-order valence-corrected chi connectivity index (χ2v) is 8.16. The summed E-state index contributed by atoms with van der Waals surface area (Å²) in [4.78, 5) is 16.9. The zero-order valence-corrected chi connectivity index (χ0v) is 15.7. The van der Waals surface area contributed by atoms with Gasteiger partial charge in [0.25, 0.3) is 5.91 Å². The predicted octanol–water partition coefficient (Wildman–Crippen LogP) is 3.83. The first kappa shape index (κ1) is 17.2. The molecule has 0 radical (unpaired) electrons. The molecule has 1 aliphatic carbocycles. The molecule has 3 nitrogen and oxygen atoms in total. The molecular formula is C20H26N2OS. The van der Waals surface area contributed by atoms with Gasteiger partial charge in [-0.15, -0.1) is 11.3 Å². The summed E-state index contributed by atoms with van der Waals surface area (Å²) < 4.78 is 0. The maximum atomic E-state index is 12.6. The first-order chi connectivity index (χ1) is 11.5. The van der Waals surface area contributed by atoms with E-state index < -0.39 is 0 Å². The Labute approximate surface area is 148 Å².